The van der Waals surface area contributed by atoms with E-state index >= 15 is 0 Å². The van der Waals surface area contributed by atoms with Crippen molar-refractivity contribution >= 4 is 8.80 Å². The van der Waals surface area contributed by atoms with Crippen molar-refractivity contribution in [1.29, 1.82) is 0 Å². The minimum atomic E-state index is -3.35. The quantitative estimate of drug-likeness (QED) is 0.455. The molecule has 0 aromatic carbocycles. The van der Waals surface area contributed by atoms with Crippen LogP contribution < -0.4 is 0 Å². The molecule has 0 aliphatic carbocycles. The number of ether oxygens (including phenoxy) is 3. The molecule has 0 saturated carbocycles. The lowest BCUT2D eigenvalue weighted by molar-refractivity contribution is -0.241. The maximum absolute atomic E-state index is 5.99. The lowest BCUT2D eigenvalue weighted by Crippen LogP contribution is -2.58. The zero-order chi connectivity index (χ0) is 16.9. The fourth-order valence-corrected chi connectivity index (χ4v) is 4.02. The molecule has 0 rings (SSSR count). The summed E-state index contributed by atoms with van der Waals surface area (Å²) in [7, 11) is 1.29. The number of rotatable bonds is 10. The van der Waals surface area contributed by atoms with Crippen LogP contribution in [0, 0.1) is 0 Å². The monoisotopic (exact) mass is 322 g/mol. The average Bonchev–Trinajstić information content (AvgIpc) is 2.37. The summed E-state index contributed by atoms with van der Waals surface area (Å²) in [6.45, 7) is 14.4. The summed E-state index contributed by atoms with van der Waals surface area (Å²) in [6.07, 6.45) is 0. The fraction of sp³-hybridized carbons (Fsp3) is 0.857. The standard InChI is InChI=1S/C14H30O6Si/c1-11-21(18-12(2,3)15-8,19-13(4,5)16-9)20-14(6,7)17-10/h11H,1H2,2-10H3. The Hall–Kier alpha value is -0.283. The van der Waals surface area contributed by atoms with E-state index in [2.05, 4.69) is 6.58 Å². The zero-order valence-corrected chi connectivity index (χ0v) is 15.7. The zero-order valence-electron chi connectivity index (χ0n) is 14.7. The third-order valence-corrected chi connectivity index (χ3v) is 5.72. The molecule has 0 aliphatic heterocycles. The molecule has 0 atom stereocenters. The van der Waals surface area contributed by atoms with E-state index in [1.54, 1.807) is 62.9 Å². The molecule has 6 nitrogen and oxygen atoms in total. The van der Waals surface area contributed by atoms with E-state index < -0.39 is 26.2 Å². The number of hydrogen-bond acceptors (Lipinski definition) is 6. The van der Waals surface area contributed by atoms with Crippen molar-refractivity contribution < 1.29 is 27.5 Å². The second kappa shape index (κ2) is 7.32. The summed E-state index contributed by atoms with van der Waals surface area (Å²) in [5, 5.41) is 0. The third kappa shape index (κ3) is 7.01. The van der Waals surface area contributed by atoms with Crippen LogP contribution in [0.3, 0.4) is 0 Å². The molecule has 0 bridgehead atoms. The van der Waals surface area contributed by atoms with Gasteiger partial charge in [0, 0.05) is 21.3 Å². The summed E-state index contributed by atoms with van der Waals surface area (Å²) >= 11 is 0. The largest absolute Gasteiger partial charge is 0.535 e. The maximum Gasteiger partial charge on any atom is 0.535 e. The molecule has 0 spiro atoms. The summed E-state index contributed by atoms with van der Waals surface area (Å²) in [6, 6.07) is 0. The van der Waals surface area contributed by atoms with Gasteiger partial charge in [-0.25, -0.2) is 0 Å². The minimum absolute atomic E-state index is 0.909. The van der Waals surface area contributed by atoms with E-state index in [0.29, 0.717) is 0 Å². The Morgan fingerprint density at radius 2 is 0.905 bits per heavy atom. The second-order valence-corrected chi connectivity index (χ2v) is 8.15. The molecule has 0 fully saturated rings. The Labute approximate surface area is 129 Å². The molecule has 0 unspecified atom stereocenters. The first-order valence-electron chi connectivity index (χ1n) is 6.76. The highest BCUT2D eigenvalue weighted by atomic mass is 28.4. The van der Waals surface area contributed by atoms with Crippen molar-refractivity contribution in [1.82, 2.24) is 0 Å². The van der Waals surface area contributed by atoms with Gasteiger partial charge in [0.2, 0.25) is 0 Å². The Morgan fingerprint density at radius 3 is 1.05 bits per heavy atom. The Balaban J connectivity index is 5.54. The lowest BCUT2D eigenvalue weighted by Gasteiger charge is -2.42. The predicted octanol–water partition coefficient (Wildman–Crippen LogP) is 2.85. The highest BCUT2D eigenvalue weighted by molar-refractivity contribution is 6.66. The first kappa shape index (κ1) is 20.7. The summed E-state index contributed by atoms with van der Waals surface area (Å²) in [5.74, 6) is -2.73. The van der Waals surface area contributed by atoms with Crippen LogP contribution in [0.4, 0.5) is 0 Å². The van der Waals surface area contributed by atoms with Gasteiger partial charge in [-0.15, -0.1) is 0 Å². The van der Waals surface area contributed by atoms with Crippen LogP contribution in [0.2, 0.25) is 0 Å². The predicted molar refractivity (Wildman–Crippen MR) is 82.5 cm³/mol. The molecule has 0 aromatic heterocycles. The SMILES string of the molecule is C=C[Si](OC(C)(C)OC)(OC(C)(C)OC)OC(C)(C)OC. The van der Waals surface area contributed by atoms with Gasteiger partial charge in [-0.2, -0.15) is 0 Å². The van der Waals surface area contributed by atoms with Crippen LogP contribution >= 0.6 is 0 Å². The van der Waals surface area contributed by atoms with Crippen LogP contribution in [0.1, 0.15) is 41.5 Å². The Bertz CT molecular complexity index is 295. The molecule has 0 amide bonds. The first-order chi connectivity index (χ1) is 9.36. The van der Waals surface area contributed by atoms with E-state index in [4.69, 9.17) is 27.5 Å². The van der Waals surface area contributed by atoms with Gasteiger partial charge < -0.3 is 27.5 Å². The Kier molecular flexibility index (Phi) is 7.22. The van der Waals surface area contributed by atoms with Gasteiger partial charge >= 0.3 is 8.80 Å². The molecule has 0 saturated heterocycles. The number of hydrogen-bond donors (Lipinski definition) is 0. The molecule has 0 radical (unpaired) electrons. The van der Waals surface area contributed by atoms with Gasteiger partial charge in [0.25, 0.3) is 0 Å². The molecule has 126 valence electrons. The topological polar surface area (TPSA) is 55.4 Å². The summed E-state index contributed by atoms with van der Waals surface area (Å²) < 4.78 is 33.9. The second-order valence-electron chi connectivity index (χ2n) is 5.93. The van der Waals surface area contributed by atoms with Gasteiger partial charge in [-0.05, 0) is 47.2 Å². The molecule has 0 heterocycles. The van der Waals surface area contributed by atoms with Crippen molar-refractivity contribution in [3.63, 3.8) is 0 Å². The number of methoxy groups -OCH3 is 3. The molecular weight excluding hydrogens is 292 g/mol. The van der Waals surface area contributed by atoms with Gasteiger partial charge in [-0.3, -0.25) is 0 Å². The summed E-state index contributed by atoms with van der Waals surface area (Å²) in [4.78, 5) is 0. The average molecular weight is 322 g/mol. The van der Waals surface area contributed by atoms with Crippen LogP contribution in [0.15, 0.2) is 12.3 Å². The van der Waals surface area contributed by atoms with E-state index in [9.17, 15) is 0 Å². The van der Waals surface area contributed by atoms with Gasteiger partial charge in [0.1, 0.15) is 0 Å². The van der Waals surface area contributed by atoms with E-state index in [1.807, 2.05) is 0 Å². The van der Waals surface area contributed by atoms with Crippen LogP contribution in [0.25, 0.3) is 0 Å². The van der Waals surface area contributed by atoms with Crippen LogP contribution in [-0.2, 0) is 27.5 Å². The van der Waals surface area contributed by atoms with Crippen molar-refractivity contribution in [2.45, 2.75) is 58.9 Å². The van der Waals surface area contributed by atoms with Gasteiger partial charge in [-0.1, -0.05) is 6.58 Å². The highest BCUT2D eigenvalue weighted by Crippen LogP contribution is 2.30. The first-order valence-corrected chi connectivity index (χ1v) is 8.56. The molecule has 0 aromatic rings. The van der Waals surface area contributed by atoms with E-state index in [-0.39, 0.29) is 0 Å². The maximum atomic E-state index is 5.99. The van der Waals surface area contributed by atoms with E-state index in [1.165, 1.54) is 5.70 Å². The smallest absolute Gasteiger partial charge is 0.355 e. The van der Waals surface area contributed by atoms with Crippen molar-refractivity contribution in [2.24, 2.45) is 0 Å². The van der Waals surface area contributed by atoms with Crippen molar-refractivity contribution in [2.75, 3.05) is 21.3 Å². The van der Waals surface area contributed by atoms with Crippen molar-refractivity contribution in [3.05, 3.63) is 12.3 Å². The van der Waals surface area contributed by atoms with Crippen LogP contribution in [0.5, 0.6) is 0 Å². The summed E-state index contributed by atoms with van der Waals surface area (Å²) in [5.41, 5.74) is 1.54. The van der Waals surface area contributed by atoms with Gasteiger partial charge in [0.05, 0.1) is 0 Å². The third-order valence-electron chi connectivity index (χ3n) is 2.89. The molecule has 0 N–H and O–H groups in total. The van der Waals surface area contributed by atoms with Crippen molar-refractivity contribution in [3.8, 4) is 0 Å². The Morgan fingerprint density at radius 1 is 0.667 bits per heavy atom. The normalized spacial score (nSPS) is 14.3. The fourth-order valence-electron chi connectivity index (χ4n) is 1.34. The molecule has 0 aliphatic rings. The molecular formula is C14H30O6Si. The lowest BCUT2D eigenvalue weighted by atomic mass is 10.4. The molecule has 7 heteroatoms. The minimum Gasteiger partial charge on any atom is -0.355 e. The van der Waals surface area contributed by atoms with Gasteiger partial charge in [0.15, 0.2) is 17.4 Å². The highest BCUT2D eigenvalue weighted by Gasteiger charge is 2.51. The van der Waals surface area contributed by atoms with Crippen LogP contribution in [-0.4, -0.2) is 47.5 Å². The van der Waals surface area contributed by atoms with E-state index in [0.717, 1.165) is 0 Å². The molecule has 21 heavy (non-hydrogen) atoms.